The topological polar surface area (TPSA) is 4.93 Å². The molecule has 0 bridgehead atoms. The molecule has 0 unspecified atom stereocenters. The highest BCUT2D eigenvalue weighted by Crippen LogP contribution is 2.22. The Balaban J connectivity index is 2.82. The van der Waals surface area contributed by atoms with Crippen LogP contribution in [-0.4, -0.2) is 3.59 Å². The SMILES string of the molecule is CCc1cn(Br)c2ccccc12. The van der Waals surface area contributed by atoms with E-state index in [0.29, 0.717) is 0 Å². The van der Waals surface area contributed by atoms with Crippen LogP contribution in [-0.2, 0) is 6.42 Å². The fraction of sp³-hybridized carbons (Fsp3) is 0.200. The number of hydrogen-bond acceptors (Lipinski definition) is 0. The predicted molar refractivity (Wildman–Crippen MR) is 55.6 cm³/mol. The molecule has 2 rings (SSSR count). The minimum absolute atomic E-state index is 1.08. The minimum atomic E-state index is 1.08. The first-order valence-electron chi connectivity index (χ1n) is 4.08. The molecule has 12 heavy (non-hydrogen) atoms. The molecule has 2 aromatic rings. The first-order valence-corrected chi connectivity index (χ1v) is 4.79. The summed E-state index contributed by atoms with van der Waals surface area (Å²) in [6.07, 6.45) is 3.21. The maximum atomic E-state index is 3.48. The molecule has 0 aliphatic carbocycles. The molecular formula is C10H10BrN. The summed E-state index contributed by atoms with van der Waals surface area (Å²) in [4.78, 5) is 0. The Morgan fingerprint density at radius 2 is 2.08 bits per heavy atom. The molecule has 0 saturated carbocycles. The van der Waals surface area contributed by atoms with Gasteiger partial charge in [0.05, 0.1) is 21.7 Å². The highest BCUT2D eigenvalue weighted by molar-refractivity contribution is 9.08. The van der Waals surface area contributed by atoms with E-state index in [2.05, 4.69) is 53.5 Å². The predicted octanol–water partition coefficient (Wildman–Crippen LogP) is 3.36. The lowest BCUT2D eigenvalue weighted by molar-refractivity contribution is 1.15. The van der Waals surface area contributed by atoms with Gasteiger partial charge in [-0.25, -0.2) is 0 Å². The molecule has 2 heteroatoms. The van der Waals surface area contributed by atoms with Gasteiger partial charge in [-0.3, -0.25) is 3.59 Å². The van der Waals surface area contributed by atoms with Gasteiger partial charge in [-0.2, -0.15) is 0 Å². The van der Waals surface area contributed by atoms with Crippen molar-refractivity contribution in [3.63, 3.8) is 0 Å². The standard InChI is InChI=1S/C10H10BrN/c1-2-8-7-12(11)10-6-4-3-5-9(8)10/h3-7H,2H2,1H3. The van der Waals surface area contributed by atoms with Crippen molar-refractivity contribution in [3.8, 4) is 0 Å². The third-order valence-electron chi connectivity index (χ3n) is 2.13. The number of nitrogens with zero attached hydrogens (tertiary/aromatic N) is 1. The molecule has 0 spiro atoms. The average molecular weight is 224 g/mol. The summed E-state index contributed by atoms with van der Waals surface area (Å²) >= 11 is 3.48. The van der Waals surface area contributed by atoms with E-state index in [1.165, 1.54) is 16.5 Å². The number of aryl methyl sites for hydroxylation is 1. The number of halogens is 1. The van der Waals surface area contributed by atoms with Crippen LogP contribution in [0.5, 0.6) is 0 Å². The fourth-order valence-electron chi connectivity index (χ4n) is 1.49. The summed E-state index contributed by atoms with van der Waals surface area (Å²) in [7, 11) is 0. The molecule has 0 N–H and O–H groups in total. The Bertz CT molecular complexity index is 403. The van der Waals surface area contributed by atoms with Gasteiger partial charge in [0.25, 0.3) is 0 Å². The van der Waals surface area contributed by atoms with Gasteiger partial charge in [-0.05, 0) is 18.1 Å². The van der Waals surface area contributed by atoms with Gasteiger partial charge in [0.1, 0.15) is 0 Å². The van der Waals surface area contributed by atoms with Gasteiger partial charge in [0.15, 0.2) is 0 Å². The highest BCUT2D eigenvalue weighted by atomic mass is 79.9. The van der Waals surface area contributed by atoms with Crippen molar-refractivity contribution >= 4 is 27.1 Å². The van der Waals surface area contributed by atoms with Crippen molar-refractivity contribution in [1.29, 1.82) is 0 Å². The molecule has 0 amide bonds. The number of aromatic nitrogens is 1. The lowest BCUT2D eigenvalue weighted by Crippen LogP contribution is -1.72. The van der Waals surface area contributed by atoms with E-state index in [4.69, 9.17) is 0 Å². The van der Waals surface area contributed by atoms with E-state index < -0.39 is 0 Å². The van der Waals surface area contributed by atoms with E-state index in [9.17, 15) is 0 Å². The maximum absolute atomic E-state index is 3.48. The van der Waals surface area contributed by atoms with Crippen LogP contribution in [0.15, 0.2) is 30.5 Å². The lowest BCUT2D eigenvalue weighted by Gasteiger charge is -1.91. The Labute approximate surface area is 80.3 Å². The molecular weight excluding hydrogens is 214 g/mol. The van der Waals surface area contributed by atoms with E-state index in [1.54, 1.807) is 0 Å². The van der Waals surface area contributed by atoms with Gasteiger partial charge in [0.2, 0.25) is 0 Å². The monoisotopic (exact) mass is 223 g/mol. The second kappa shape index (κ2) is 2.94. The van der Waals surface area contributed by atoms with Gasteiger partial charge in [-0.1, -0.05) is 25.1 Å². The summed E-state index contributed by atoms with van der Waals surface area (Å²) in [5.74, 6) is 0. The van der Waals surface area contributed by atoms with Crippen LogP contribution in [0.2, 0.25) is 0 Å². The number of benzene rings is 1. The third kappa shape index (κ3) is 1.07. The number of para-hydroxylation sites is 1. The third-order valence-corrected chi connectivity index (χ3v) is 2.72. The number of rotatable bonds is 1. The van der Waals surface area contributed by atoms with Gasteiger partial charge >= 0.3 is 0 Å². The first-order chi connectivity index (χ1) is 5.83. The van der Waals surface area contributed by atoms with Crippen LogP contribution >= 0.6 is 16.1 Å². The summed E-state index contributed by atoms with van der Waals surface area (Å²) in [6.45, 7) is 2.18. The van der Waals surface area contributed by atoms with Crippen LogP contribution in [0.25, 0.3) is 10.9 Å². The zero-order chi connectivity index (χ0) is 8.55. The van der Waals surface area contributed by atoms with E-state index in [1.807, 2.05) is 3.59 Å². The van der Waals surface area contributed by atoms with Crippen LogP contribution in [0, 0.1) is 0 Å². The summed E-state index contributed by atoms with van der Waals surface area (Å²) in [5.41, 5.74) is 2.64. The van der Waals surface area contributed by atoms with Crippen LogP contribution in [0.4, 0.5) is 0 Å². The fourth-order valence-corrected chi connectivity index (χ4v) is 2.05. The molecule has 1 aromatic heterocycles. The second-order valence-electron chi connectivity index (χ2n) is 2.84. The largest absolute Gasteiger partial charge is 0.283 e. The zero-order valence-corrected chi connectivity index (χ0v) is 8.51. The average Bonchev–Trinajstić information content (AvgIpc) is 2.44. The smallest absolute Gasteiger partial charge is 0.0594 e. The Kier molecular flexibility index (Phi) is 1.93. The summed E-state index contributed by atoms with van der Waals surface area (Å²) in [6, 6.07) is 8.41. The molecule has 0 radical (unpaired) electrons. The molecule has 0 aliphatic rings. The molecule has 1 nitrogen and oxygen atoms in total. The van der Waals surface area contributed by atoms with Crippen molar-refractivity contribution < 1.29 is 0 Å². The van der Waals surface area contributed by atoms with Gasteiger partial charge in [-0.15, -0.1) is 0 Å². The van der Waals surface area contributed by atoms with Gasteiger partial charge in [0, 0.05) is 11.6 Å². The molecule has 0 atom stereocenters. The van der Waals surface area contributed by atoms with Gasteiger partial charge < -0.3 is 0 Å². The van der Waals surface area contributed by atoms with E-state index in [0.717, 1.165) is 6.42 Å². The highest BCUT2D eigenvalue weighted by Gasteiger charge is 2.03. The van der Waals surface area contributed by atoms with Crippen molar-refractivity contribution in [1.82, 2.24) is 3.59 Å². The summed E-state index contributed by atoms with van der Waals surface area (Å²) in [5, 5.41) is 1.34. The number of fused-ring (bicyclic) bond motifs is 1. The van der Waals surface area contributed by atoms with E-state index in [-0.39, 0.29) is 0 Å². The summed E-state index contributed by atoms with van der Waals surface area (Å²) < 4.78 is 2.00. The van der Waals surface area contributed by atoms with Crippen LogP contribution < -0.4 is 0 Å². The minimum Gasteiger partial charge on any atom is -0.283 e. The quantitative estimate of drug-likeness (QED) is 0.699. The zero-order valence-electron chi connectivity index (χ0n) is 6.92. The number of hydrogen-bond donors (Lipinski definition) is 0. The molecule has 0 saturated heterocycles. The van der Waals surface area contributed by atoms with E-state index >= 15 is 0 Å². The molecule has 1 aromatic carbocycles. The first kappa shape index (κ1) is 7.87. The Hall–Kier alpha value is -0.760. The van der Waals surface area contributed by atoms with Crippen molar-refractivity contribution in [3.05, 3.63) is 36.0 Å². The molecule has 1 heterocycles. The van der Waals surface area contributed by atoms with Crippen molar-refractivity contribution in [2.75, 3.05) is 0 Å². The molecule has 62 valence electrons. The van der Waals surface area contributed by atoms with Crippen molar-refractivity contribution in [2.24, 2.45) is 0 Å². The maximum Gasteiger partial charge on any atom is 0.0594 e. The lowest BCUT2D eigenvalue weighted by atomic mass is 10.1. The Morgan fingerprint density at radius 1 is 1.33 bits per heavy atom. The van der Waals surface area contributed by atoms with Crippen LogP contribution in [0.1, 0.15) is 12.5 Å². The van der Waals surface area contributed by atoms with Crippen molar-refractivity contribution in [2.45, 2.75) is 13.3 Å². The Morgan fingerprint density at radius 3 is 2.83 bits per heavy atom. The molecule has 0 aliphatic heterocycles. The second-order valence-corrected chi connectivity index (χ2v) is 3.60. The normalized spacial score (nSPS) is 10.8. The van der Waals surface area contributed by atoms with Crippen LogP contribution in [0.3, 0.4) is 0 Å². The molecule has 0 fully saturated rings.